The molecule has 0 radical (unpaired) electrons. The molecule has 2 aromatic rings. The molecule has 0 aliphatic rings. The van der Waals surface area contributed by atoms with Crippen LogP contribution < -0.4 is 21.1 Å². The molecule has 0 saturated heterocycles. The number of hydrogen-bond acceptors (Lipinski definition) is 5. The first kappa shape index (κ1) is 15.5. The van der Waals surface area contributed by atoms with Crippen LogP contribution in [0, 0.1) is 0 Å². The maximum atomic E-state index is 11.8. The number of carbonyl (C=O) groups is 1. The van der Waals surface area contributed by atoms with Gasteiger partial charge in [0, 0.05) is 46.3 Å². The van der Waals surface area contributed by atoms with Gasteiger partial charge < -0.3 is 14.8 Å². The highest BCUT2D eigenvalue weighted by molar-refractivity contribution is 5.87. The monoisotopic (exact) mass is 302 g/mol. The number of nitrogens with one attached hydrogen (secondary N) is 2. The number of anilines is 2. The van der Waals surface area contributed by atoms with Gasteiger partial charge in [0.1, 0.15) is 5.82 Å². The summed E-state index contributed by atoms with van der Waals surface area (Å²) in [5.74, 6) is 0.796. The maximum absolute atomic E-state index is 11.8. The van der Waals surface area contributed by atoms with E-state index in [2.05, 4.69) is 20.6 Å². The van der Waals surface area contributed by atoms with E-state index in [0.29, 0.717) is 6.54 Å². The first-order chi connectivity index (χ1) is 10.5. The van der Waals surface area contributed by atoms with E-state index >= 15 is 0 Å². The van der Waals surface area contributed by atoms with Crippen molar-refractivity contribution in [2.45, 2.75) is 6.54 Å². The molecular formula is C14H18N6O2. The zero-order valence-corrected chi connectivity index (χ0v) is 12.7. The zero-order valence-electron chi connectivity index (χ0n) is 12.7. The van der Waals surface area contributed by atoms with E-state index in [-0.39, 0.29) is 11.4 Å². The largest absolute Gasteiger partial charge is 0.363 e. The summed E-state index contributed by atoms with van der Waals surface area (Å²) in [5.41, 5.74) is 0.541. The first-order valence-electron chi connectivity index (χ1n) is 6.66. The van der Waals surface area contributed by atoms with Gasteiger partial charge in [0.25, 0.3) is 5.56 Å². The third kappa shape index (κ3) is 3.81. The molecule has 0 bridgehead atoms. The molecule has 0 saturated carbocycles. The Balaban J connectivity index is 1.97. The average molecular weight is 302 g/mol. The van der Waals surface area contributed by atoms with Crippen LogP contribution >= 0.6 is 0 Å². The summed E-state index contributed by atoms with van der Waals surface area (Å²) in [6, 6.07) is 3.20. The van der Waals surface area contributed by atoms with E-state index in [1.807, 2.05) is 31.1 Å². The van der Waals surface area contributed by atoms with E-state index < -0.39 is 6.03 Å². The molecule has 0 unspecified atom stereocenters. The molecule has 22 heavy (non-hydrogen) atoms. The van der Waals surface area contributed by atoms with E-state index in [0.717, 1.165) is 11.4 Å². The molecule has 0 spiro atoms. The Morgan fingerprint density at radius 3 is 2.82 bits per heavy atom. The number of aromatic nitrogens is 3. The Labute approximate surface area is 127 Å². The Hall–Kier alpha value is -2.90. The summed E-state index contributed by atoms with van der Waals surface area (Å²) < 4.78 is 1.34. The lowest BCUT2D eigenvalue weighted by Crippen LogP contribution is -2.32. The predicted molar refractivity (Wildman–Crippen MR) is 83.9 cm³/mol. The number of pyridine rings is 1. The minimum absolute atomic E-state index is 0.00814. The standard InChI is InChI=1S/C14H18N6O2/c1-19(2)11-8-10(4-5-15-11)9-17-14(22)18-12-13(21)20(3)7-6-16-12/h4-8H,9H2,1-3H3,(H2,16,17,18,22). The molecule has 2 N–H and O–H groups in total. The second-order valence-corrected chi connectivity index (χ2v) is 4.92. The van der Waals surface area contributed by atoms with Gasteiger partial charge in [-0.3, -0.25) is 10.1 Å². The van der Waals surface area contributed by atoms with E-state index in [9.17, 15) is 9.59 Å². The van der Waals surface area contributed by atoms with E-state index in [1.165, 1.54) is 17.0 Å². The van der Waals surface area contributed by atoms with Crippen LogP contribution in [-0.4, -0.2) is 34.7 Å². The van der Waals surface area contributed by atoms with Crippen molar-refractivity contribution in [3.63, 3.8) is 0 Å². The van der Waals surface area contributed by atoms with Crippen LogP contribution in [0.2, 0.25) is 0 Å². The lowest BCUT2D eigenvalue weighted by molar-refractivity contribution is 0.251. The number of aryl methyl sites for hydroxylation is 1. The quantitative estimate of drug-likeness (QED) is 0.861. The highest BCUT2D eigenvalue weighted by Gasteiger charge is 2.07. The van der Waals surface area contributed by atoms with Crippen molar-refractivity contribution in [2.24, 2.45) is 7.05 Å². The van der Waals surface area contributed by atoms with Gasteiger partial charge in [-0.05, 0) is 17.7 Å². The fraction of sp³-hybridized carbons (Fsp3) is 0.286. The molecule has 2 aromatic heterocycles. The molecular weight excluding hydrogens is 284 g/mol. The lowest BCUT2D eigenvalue weighted by atomic mass is 10.2. The molecule has 2 amide bonds. The summed E-state index contributed by atoms with van der Waals surface area (Å²) in [6.07, 6.45) is 4.65. The Morgan fingerprint density at radius 2 is 2.09 bits per heavy atom. The van der Waals surface area contributed by atoms with Crippen molar-refractivity contribution in [2.75, 3.05) is 24.3 Å². The number of nitrogens with zero attached hydrogens (tertiary/aromatic N) is 4. The summed E-state index contributed by atoms with van der Waals surface area (Å²) >= 11 is 0. The van der Waals surface area contributed by atoms with Crippen LogP contribution in [0.3, 0.4) is 0 Å². The summed E-state index contributed by atoms with van der Waals surface area (Å²) in [5, 5.41) is 5.11. The summed E-state index contributed by atoms with van der Waals surface area (Å²) in [4.78, 5) is 33.5. The Bertz CT molecular complexity index is 725. The highest BCUT2D eigenvalue weighted by atomic mass is 16.2. The molecule has 0 aromatic carbocycles. The van der Waals surface area contributed by atoms with Crippen LogP contribution in [-0.2, 0) is 13.6 Å². The van der Waals surface area contributed by atoms with Crippen LogP contribution in [0.5, 0.6) is 0 Å². The number of rotatable bonds is 4. The van der Waals surface area contributed by atoms with Crippen molar-refractivity contribution < 1.29 is 4.79 Å². The molecule has 2 heterocycles. The predicted octanol–water partition coefficient (Wildman–Crippen LogP) is 0.563. The van der Waals surface area contributed by atoms with Crippen molar-refractivity contribution in [1.82, 2.24) is 19.9 Å². The smallest absolute Gasteiger partial charge is 0.320 e. The third-order valence-corrected chi connectivity index (χ3v) is 2.97. The molecule has 8 heteroatoms. The molecule has 0 fully saturated rings. The molecule has 0 atom stereocenters. The lowest BCUT2D eigenvalue weighted by Gasteiger charge is -2.12. The number of hydrogen-bond donors (Lipinski definition) is 2. The van der Waals surface area contributed by atoms with Crippen molar-refractivity contribution >= 4 is 17.7 Å². The molecule has 116 valence electrons. The highest BCUT2D eigenvalue weighted by Crippen LogP contribution is 2.09. The van der Waals surface area contributed by atoms with Crippen molar-refractivity contribution in [1.29, 1.82) is 0 Å². The molecule has 2 rings (SSSR count). The fourth-order valence-electron chi connectivity index (χ4n) is 1.73. The van der Waals surface area contributed by atoms with Crippen molar-refractivity contribution in [3.8, 4) is 0 Å². The van der Waals surface area contributed by atoms with Gasteiger partial charge in [-0.25, -0.2) is 14.8 Å². The Kier molecular flexibility index (Phi) is 4.72. The fourth-order valence-corrected chi connectivity index (χ4v) is 1.73. The van der Waals surface area contributed by atoms with E-state index in [1.54, 1.807) is 13.2 Å². The van der Waals surface area contributed by atoms with Crippen LogP contribution in [0.15, 0.2) is 35.5 Å². The van der Waals surface area contributed by atoms with Crippen LogP contribution in [0.25, 0.3) is 0 Å². The van der Waals surface area contributed by atoms with Gasteiger partial charge in [0.15, 0.2) is 0 Å². The number of urea groups is 1. The summed E-state index contributed by atoms with van der Waals surface area (Å²) in [6.45, 7) is 0.322. The minimum Gasteiger partial charge on any atom is -0.363 e. The average Bonchev–Trinajstić information content (AvgIpc) is 2.50. The van der Waals surface area contributed by atoms with Crippen LogP contribution in [0.4, 0.5) is 16.4 Å². The van der Waals surface area contributed by atoms with Gasteiger partial charge >= 0.3 is 6.03 Å². The number of amides is 2. The van der Waals surface area contributed by atoms with Gasteiger partial charge in [-0.2, -0.15) is 0 Å². The number of carbonyl (C=O) groups excluding carboxylic acids is 1. The topological polar surface area (TPSA) is 92.2 Å². The SMILES string of the molecule is CN(C)c1cc(CNC(=O)Nc2nccn(C)c2=O)ccn1. The second-order valence-electron chi connectivity index (χ2n) is 4.92. The zero-order chi connectivity index (χ0) is 16.1. The Morgan fingerprint density at radius 1 is 1.32 bits per heavy atom. The molecule has 8 nitrogen and oxygen atoms in total. The second kappa shape index (κ2) is 6.70. The molecule has 0 aliphatic carbocycles. The minimum atomic E-state index is -0.487. The molecule has 0 aliphatic heterocycles. The van der Waals surface area contributed by atoms with Gasteiger partial charge in [-0.15, -0.1) is 0 Å². The van der Waals surface area contributed by atoms with Gasteiger partial charge in [0.05, 0.1) is 0 Å². The first-order valence-corrected chi connectivity index (χ1v) is 6.66. The third-order valence-electron chi connectivity index (χ3n) is 2.97. The van der Waals surface area contributed by atoms with Gasteiger partial charge in [-0.1, -0.05) is 0 Å². The summed E-state index contributed by atoms with van der Waals surface area (Å²) in [7, 11) is 5.37. The maximum Gasteiger partial charge on any atom is 0.320 e. The van der Waals surface area contributed by atoms with E-state index in [4.69, 9.17) is 0 Å². The van der Waals surface area contributed by atoms with Crippen molar-refractivity contribution in [3.05, 3.63) is 46.6 Å². The van der Waals surface area contributed by atoms with Crippen LogP contribution in [0.1, 0.15) is 5.56 Å². The normalized spacial score (nSPS) is 10.1. The van der Waals surface area contributed by atoms with Gasteiger partial charge in [0.2, 0.25) is 5.82 Å².